The van der Waals surface area contributed by atoms with Crippen molar-refractivity contribution in [3.05, 3.63) is 99.1 Å². The third-order valence-corrected chi connectivity index (χ3v) is 6.75. The van der Waals surface area contributed by atoms with Gasteiger partial charge in [-0.25, -0.2) is 0 Å². The second-order valence-corrected chi connectivity index (χ2v) is 10.4. The number of carbonyl (C=O) groups excluding carboxylic acids is 1. The summed E-state index contributed by atoms with van der Waals surface area (Å²) in [6.45, 7) is 5.65. The Balaban J connectivity index is 1.81. The van der Waals surface area contributed by atoms with E-state index in [-0.39, 0.29) is 32.1 Å². The molecular formula is C29H36ClN5O3. The van der Waals surface area contributed by atoms with Crippen molar-refractivity contribution in [2.24, 2.45) is 22.2 Å². The average Bonchev–Trinajstić information content (AvgIpc) is 3.10. The van der Waals surface area contributed by atoms with Gasteiger partial charge in [0.15, 0.2) is 0 Å². The van der Waals surface area contributed by atoms with Crippen molar-refractivity contribution in [1.82, 2.24) is 5.32 Å². The quantitative estimate of drug-likeness (QED) is 0.230. The minimum absolute atomic E-state index is 0.109. The number of carbonyl (C=O) groups is 1. The molecule has 0 aromatic heterocycles. The van der Waals surface area contributed by atoms with Gasteiger partial charge in [-0.1, -0.05) is 60.1 Å². The van der Waals surface area contributed by atoms with E-state index in [4.69, 9.17) is 17.3 Å². The Morgan fingerprint density at radius 3 is 2.68 bits per heavy atom. The van der Waals surface area contributed by atoms with Gasteiger partial charge in [0.05, 0.1) is 24.6 Å². The monoisotopic (exact) mass is 537 g/mol. The molecule has 0 heterocycles. The maximum Gasteiger partial charge on any atom is 0.227 e. The second kappa shape index (κ2) is 13.4. The average molecular weight is 538 g/mol. The molecule has 2 atom stereocenters. The lowest BCUT2D eigenvalue weighted by atomic mass is 9.92. The van der Waals surface area contributed by atoms with E-state index < -0.39 is 11.5 Å². The van der Waals surface area contributed by atoms with Crippen molar-refractivity contribution in [2.75, 3.05) is 23.8 Å². The minimum Gasteiger partial charge on any atom is -0.394 e. The number of halogens is 1. The number of benzene rings is 2. The summed E-state index contributed by atoms with van der Waals surface area (Å²) in [5.41, 5.74) is 10.2. The molecule has 2 aromatic rings. The smallest absolute Gasteiger partial charge is 0.227 e. The zero-order valence-electron chi connectivity index (χ0n) is 22.0. The van der Waals surface area contributed by atoms with Crippen LogP contribution in [0, 0.1) is 16.2 Å². The molecule has 3 rings (SSSR count). The van der Waals surface area contributed by atoms with Crippen molar-refractivity contribution < 1.29 is 9.90 Å². The number of hydrogen-bond donors (Lipinski definition) is 5. The first-order valence-electron chi connectivity index (χ1n) is 12.6. The third-order valence-electron chi connectivity index (χ3n) is 6.40. The first kappa shape index (κ1) is 29.1. The number of allylic oxidation sites excluding steroid dienone is 5. The van der Waals surface area contributed by atoms with Crippen molar-refractivity contribution in [3.8, 4) is 0 Å². The molecule has 0 radical (unpaired) electrons. The van der Waals surface area contributed by atoms with E-state index >= 15 is 0 Å². The van der Waals surface area contributed by atoms with Crippen LogP contribution in [0.2, 0.25) is 5.02 Å². The van der Waals surface area contributed by atoms with Gasteiger partial charge in [0.25, 0.3) is 0 Å². The van der Waals surface area contributed by atoms with E-state index in [1.807, 2.05) is 48.6 Å². The van der Waals surface area contributed by atoms with E-state index in [9.17, 15) is 14.8 Å². The summed E-state index contributed by atoms with van der Waals surface area (Å²) < 4.78 is 0. The zero-order chi connectivity index (χ0) is 27.7. The lowest BCUT2D eigenvalue weighted by molar-refractivity contribution is -0.129. The van der Waals surface area contributed by atoms with Crippen LogP contribution in [0.4, 0.5) is 11.4 Å². The molecule has 0 aliphatic heterocycles. The number of anilines is 2. The highest BCUT2D eigenvalue weighted by Crippen LogP contribution is 2.32. The maximum absolute atomic E-state index is 12.5. The lowest BCUT2D eigenvalue weighted by Crippen LogP contribution is -2.38. The molecule has 38 heavy (non-hydrogen) atoms. The summed E-state index contributed by atoms with van der Waals surface area (Å²) in [5, 5.41) is 23.3. The predicted molar refractivity (Wildman–Crippen MR) is 155 cm³/mol. The van der Waals surface area contributed by atoms with Gasteiger partial charge in [-0.05, 0) is 61.2 Å². The van der Waals surface area contributed by atoms with Gasteiger partial charge in [0.1, 0.15) is 0 Å². The van der Waals surface area contributed by atoms with Gasteiger partial charge in [0, 0.05) is 40.7 Å². The van der Waals surface area contributed by atoms with E-state index in [0.717, 1.165) is 28.2 Å². The summed E-state index contributed by atoms with van der Waals surface area (Å²) in [7, 11) is 0. The Kier molecular flexibility index (Phi) is 10.2. The maximum atomic E-state index is 12.5. The Hall–Kier alpha value is -3.46. The van der Waals surface area contributed by atoms with Gasteiger partial charge in [-0.2, -0.15) is 4.91 Å². The molecule has 202 valence electrons. The van der Waals surface area contributed by atoms with Crippen molar-refractivity contribution in [1.29, 1.82) is 0 Å². The fourth-order valence-corrected chi connectivity index (χ4v) is 4.29. The number of nitrogens with two attached hydrogens (primary N) is 1. The molecule has 0 spiro atoms. The van der Waals surface area contributed by atoms with Gasteiger partial charge >= 0.3 is 0 Å². The summed E-state index contributed by atoms with van der Waals surface area (Å²) in [5.74, 6) is 0.0810. The summed E-state index contributed by atoms with van der Waals surface area (Å²) in [6, 6.07) is 10.7. The summed E-state index contributed by atoms with van der Waals surface area (Å²) in [6.07, 6.45) is 10.3. The Morgan fingerprint density at radius 1 is 1.21 bits per heavy atom. The lowest BCUT2D eigenvalue weighted by Gasteiger charge is -2.24. The molecule has 8 nitrogen and oxygen atoms in total. The summed E-state index contributed by atoms with van der Waals surface area (Å²) >= 11 is 6.53. The van der Waals surface area contributed by atoms with Crippen molar-refractivity contribution in [2.45, 2.75) is 39.9 Å². The number of nitroso groups, excluding NO2 is 1. The van der Waals surface area contributed by atoms with Crippen molar-refractivity contribution >= 4 is 28.9 Å². The van der Waals surface area contributed by atoms with Crippen LogP contribution in [-0.4, -0.2) is 24.2 Å². The molecule has 1 amide bonds. The molecule has 2 unspecified atom stereocenters. The largest absolute Gasteiger partial charge is 0.394 e. The molecule has 0 saturated heterocycles. The minimum atomic E-state index is -0.902. The number of aliphatic hydroxyl groups excluding tert-OH is 1. The van der Waals surface area contributed by atoms with Crippen LogP contribution >= 0.6 is 11.6 Å². The van der Waals surface area contributed by atoms with Gasteiger partial charge in [0.2, 0.25) is 5.91 Å². The topological polar surface area (TPSA) is 129 Å². The number of nitrogens with zero attached hydrogens (tertiary/aromatic N) is 1. The number of hydrogen-bond acceptors (Lipinski definition) is 7. The molecule has 0 bridgehead atoms. The van der Waals surface area contributed by atoms with Gasteiger partial charge in [-0.15, -0.1) is 0 Å². The zero-order valence-corrected chi connectivity index (χ0v) is 22.8. The highest BCUT2D eigenvalue weighted by atomic mass is 35.5. The molecule has 0 fully saturated rings. The third kappa shape index (κ3) is 7.54. The highest BCUT2D eigenvalue weighted by molar-refractivity contribution is 6.31. The first-order chi connectivity index (χ1) is 18.2. The van der Waals surface area contributed by atoms with E-state index in [1.165, 1.54) is 0 Å². The van der Waals surface area contributed by atoms with Crippen LogP contribution < -0.4 is 21.7 Å². The number of nitrogens with one attached hydrogen (secondary N) is 3. The molecule has 0 saturated carbocycles. The highest BCUT2D eigenvalue weighted by Gasteiger charge is 2.28. The molecule has 2 aromatic carbocycles. The molecule has 1 aliphatic carbocycles. The standard InChI is InChI=1S/C29H36ClN5O3/c1-19-6-4-7-21(12-10-19)34-25-8-5-9-26(23(25)15-31)35-27(17-36)22-14-20(11-13-24(22)30)16-32-28(37)29(2,3)18-33-38/h4-14,19,27,34-36H,15-18,31H2,1-3H3,(H,32,37). The molecule has 1 aliphatic rings. The number of aliphatic hydroxyl groups is 1. The van der Waals surface area contributed by atoms with Crippen LogP contribution in [0.5, 0.6) is 0 Å². The second-order valence-electron chi connectivity index (χ2n) is 9.98. The normalized spacial score (nSPS) is 15.8. The SMILES string of the molecule is CC1C=CC=C(Nc2cccc(NC(CO)c3cc(CNC(=O)C(C)(C)CN=O)ccc3Cl)c2CN)C=C1. The van der Waals surface area contributed by atoms with E-state index in [0.29, 0.717) is 16.5 Å². The van der Waals surface area contributed by atoms with E-state index in [1.54, 1.807) is 19.9 Å². The summed E-state index contributed by atoms with van der Waals surface area (Å²) in [4.78, 5) is 23.1. The van der Waals surface area contributed by atoms with Crippen LogP contribution in [-0.2, 0) is 17.9 Å². The number of rotatable bonds is 12. The van der Waals surface area contributed by atoms with Crippen molar-refractivity contribution in [3.63, 3.8) is 0 Å². The molecule has 6 N–H and O–H groups in total. The Labute approximate surface area is 229 Å². The predicted octanol–water partition coefficient (Wildman–Crippen LogP) is 5.41. The van der Waals surface area contributed by atoms with Crippen LogP contribution in [0.25, 0.3) is 0 Å². The van der Waals surface area contributed by atoms with Crippen LogP contribution in [0.15, 0.2) is 77.7 Å². The van der Waals surface area contributed by atoms with Gasteiger partial charge in [-0.3, -0.25) is 4.79 Å². The fourth-order valence-electron chi connectivity index (χ4n) is 4.04. The first-order valence-corrected chi connectivity index (χ1v) is 12.9. The molecule has 9 heteroatoms. The fraction of sp³-hybridized carbons (Fsp3) is 0.345. The van der Waals surface area contributed by atoms with Crippen LogP contribution in [0.1, 0.15) is 43.5 Å². The van der Waals surface area contributed by atoms with E-state index in [2.05, 4.69) is 40.2 Å². The van der Waals surface area contributed by atoms with Crippen LogP contribution in [0.3, 0.4) is 0 Å². The van der Waals surface area contributed by atoms with Gasteiger partial charge < -0.3 is 26.8 Å². The Morgan fingerprint density at radius 2 is 1.97 bits per heavy atom. The number of amides is 1. The Bertz CT molecular complexity index is 1240. The molecular weight excluding hydrogens is 502 g/mol.